The number of thiophene rings is 1. The first-order valence-electron chi connectivity index (χ1n) is 6.35. The molecule has 17 heavy (non-hydrogen) atoms. The number of thioether (sulfide) groups is 1. The third kappa shape index (κ3) is 3.71. The summed E-state index contributed by atoms with van der Waals surface area (Å²) in [6.45, 7) is 4.49. The molecule has 2 nitrogen and oxygen atoms in total. The molecule has 2 unspecified atom stereocenters. The van der Waals surface area contributed by atoms with Crippen molar-refractivity contribution in [3.63, 3.8) is 0 Å². The molecule has 1 fully saturated rings. The highest BCUT2D eigenvalue weighted by Crippen LogP contribution is 2.21. The van der Waals surface area contributed by atoms with Gasteiger partial charge in [0, 0.05) is 35.0 Å². The van der Waals surface area contributed by atoms with Crippen molar-refractivity contribution in [2.45, 2.75) is 25.4 Å². The van der Waals surface area contributed by atoms with Crippen LogP contribution in [0.4, 0.5) is 0 Å². The number of nitrogens with zero attached hydrogens (tertiary/aromatic N) is 1. The van der Waals surface area contributed by atoms with Gasteiger partial charge in [0.25, 0.3) is 0 Å². The van der Waals surface area contributed by atoms with Gasteiger partial charge in [-0.1, -0.05) is 13.0 Å². The van der Waals surface area contributed by atoms with Gasteiger partial charge in [-0.25, -0.2) is 0 Å². The maximum atomic E-state index is 3.67. The number of rotatable bonds is 5. The minimum absolute atomic E-state index is 0.594. The van der Waals surface area contributed by atoms with Crippen LogP contribution in [-0.2, 0) is 6.42 Å². The molecule has 0 radical (unpaired) electrons. The number of hydrogen-bond donors (Lipinski definition) is 1. The number of nitrogens with one attached hydrogen (secondary N) is 1. The van der Waals surface area contributed by atoms with E-state index in [-0.39, 0.29) is 0 Å². The van der Waals surface area contributed by atoms with Gasteiger partial charge in [0.2, 0.25) is 0 Å². The third-order valence-corrected chi connectivity index (χ3v) is 5.32. The first-order chi connectivity index (χ1) is 8.31. The van der Waals surface area contributed by atoms with Crippen molar-refractivity contribution >= 4 is 23.1 Å². The summed E-state index contributed by atoms with van der Waals surface area (Å²) >= 11 is 3.97. The molecule has 2 rings (SSSR count). The maximum absolute atomic E-state index is 3.67. The number of likely N-dealkylation sites (N-methyl/N-ethyl adjacent to an activating group) is 2. The van der Waals surface area contributed by atoms with Crippen LogP contribution >= 0.6 is 23.1 Å². The Morgan fingerprint density at radius 1 is 1.59 bits per heavy atom. The van der Waals surface area contributed by atoms with E-state index < -0.39 is 0 Å². The third-order valence-electron chi connectivity index (χ3n) is 3.38. The summed E-state index contributed by atoms with van der Waals surface area (Å²) in [6, 6.07) is 5.68. The zero-order valence-electron chi connectivity index (χ0n) is 10.7. The highest BCUT2D eigenvalue weighted by molar-refractivity contribution is 7.99. The van der Waals surface area contributed by atoms with Crippen molar-refractivity contribution in [2.75, 3.05) is 31.6 Å². The molecule has 0 saturated carbocycles. The molecule has 4 heteroatoms. The number of hydrogen-bond acceptors (Lipinski definition) is 4. The quantitative estimate of drug-likeness (QED) is 0.884. The van der Waals surface area contributed by atoms with Gasteiger partial charge in [-0.05, 0) is 31.5 Å². The van der Waals surface area contributed by atoms with Crippen LogP contribution in [-0.4, -0.2) is 48.6 Å². The van der Waals surface area contributed by atoms with Crippen molar-refractivity contribution in [3.8, 4) is 0 Å². The molecule has 1 aliphatic rings. The monoisotopic (exact) mass is 270 g/mol. The summed E-state index contributed by atoms with van der Waals surface area (Å²) in [5.74, 6) is 2.55. The van der Waals surface area contributed by atoms with Crippen molar-refractivity contribution in [2.24, 2.45) is 0 Å². The van der Waals surface area contributed by atoms with E-state index in [0.717, 1.165) is 6.54 Å². The van der Waals surface area contributed by atoms with Crippen LogP contribution in [0.2, 0.25) is 0 Å². The fourth-order valence-electron chi connectivity index (χ4n) is 2.38. The lowest BCUT2D eigenvalue weighted by Crippen LogP contribution is -2.53. The van der Waals surface area contributed by atoms with Crippen LogP contribution in [0.25, 0.3) is 0 Å². The molecule has 1 aliphatic heterocycles. The van der Waals surface area contributed by atoms with Gasteiger partial charge < -0.3 is 10.2 Å². The van der Waals surface area contributed by atoms with Crippen LogP contribution in [0.3, 0.4) is 0 Å². The molecule has 1 saturated heterocycles. The second-order valence-corrected chi connectivity index (χ2v) is 6.75. The van der Waals surface area contributed by atoms with Crippen molar-refractivity contribution in [3.05, 3.63) is 22.4 Å². The van der Waals surface area contributed by atoms with Gasteiger partial charge in [-0.2, -0.15) is 11.8 Å². The second kappa shape index (κ2) is 6.78. The highest BCUT2D eigenvalue weighted by Gasteiger charge is 2.27. The summed E-state index contributed by atoms with van der Waals surface area (Å²) in [6.07, 6.45) is 1.17. The summed E-state index contributed by atoms with van der Waals surface area (Å²) < 4.78 is 0. The predicted molar refractivity (Wildman–Crippen MR) is 79.2 cm³/mol. The summed E-state index contributed by atoms with van der Waals surface area (Å²) in [7, 11) is 2.27. The molecule has 0 bridgehead atoms. The Hall–Kier alpha value is -0.0300. The standard InChI is InChI=1S/C13H22N2S2/c1-3-14-12(9-11-5-4-7-17-11)13-10-16-8-6-15(13)2/h4-5,7,12-14H,3,6,8-10H2,1-2H3. The molecule has 2 heterocycles. The average molecular weight is 270 g/mol. The minimum Gasteiger partial charge on any atom is -0.312 e. The topological polar surface area (TPSA) is 15.3 Å². The Balaban J connectivity index is 1.99. The van der Waals surface area contributed by atoms with Crippen molar-refractivity contribution in [1.82, 2.24) is 10.2 Å². The SMILES string of the molecule is CCNC(Cc1cccs1)C1CSCCN1C. The first-order valence-corrected chi connectivity index (χ1v) is 8.38. The van der Waals surface area contributed by atoms with Crippen LogP contribution < -0.4 is 5.32 Å². The van der Waals surface area contributed by atoms with E-state index in [1.54, 1.807) is 0 Å². The maximum Gasteiger partial charge on any atom is 0.0340 e. The normalized spacial score (nSPS) is 23.8. The molecular formula is C13H22N2S2. The zero-order valence-corrected chi connectivity index (χ0v) is 12.3. The van der Waals surface area contributed by atoms with E-state index in [9.17, 15) is 0 Å². The molecule has 1 N–H and O–H groups in total. The second-order valence-electron chi connectivity index (χ2n) is 4.57. The van der Waals surface area contributed by atoms with Gasteiger partial charge in [-0.3, -0.25) is 0 Å². The fraction of sp³-hybridized carbons (Fsp3) is 0.692. The van der Waals surface area contributed by atoms with Crippen molar-refractivity contribution in [1.29, 1.82) is 0 Å². The largest absolute Gasteiger partial charge is 0.312 e. The van der Waals surface area contributed by atoms with Crippen LogP contribution in [0, 0.1) is 0 Å². The van der Waals surface area contributed by atoms with Gasteiger partial charge in [0.05, 0.1) is 0 Å². The minimum atomic E-state index is 0.594. The lowest BCUT2D eigenvalue weighted by atomic mass is 10.0. The molecule has 96 valence electrons. The fourth-order valence-corrected chi connectivity index (χ4v) is 4.46. The van der Waals surface area contributed by atoms with E-state index in [4.69, 9.17) is 0 Å². The molecule has 0 aliphatic carbocycles. The molecule has 0 spiro atoms. The van der Waals surface area contributed by atoms with Gasteiger partial charge in [0.1, 0.15) is 0 Å². The van der Waals surface area contributed by atoms with E-state index in [1.807, 2.05) is 11.3 Å². The lowest BCUT2D eigenvalue weighted by Gasteiger charge is -2.38. The van der Waals surface area contributed by atoms with E-state index in [1.165, 1.54) is 29.3 Å². The Bertz CT molecular complexity index is 313. The Labute approximate surface area is 113 Å². The first kappa shape index (κ1) is 13.4. The zero-order chi connectivity index (χ0) is 12.1. The molecular weight excluding hydrogens is 248 g/mol. The summed E-state index contributed by atoms with van der Waals surface area (Å²) in [5, 5.41) is 5.85. The van der Waals surface area contributed by atoms with E-state index in [2.05, 4.69) is 53.5 Å². The van der Waals surface area contributed by atoms with E-state index in [0.29, 0.717) is 12.1 Å². The summed E-state index contributed by atoms with van der Waals surface area (Å²) in [4.78, 5) is 4.03. The highest BCUT2D eigenvalue weighted by atomic mass is 32.2. The Morgan fingerprint density at radius 2 is 2.47 bits per heavy atom. The van der Waals surface area contributed by atoms with Crippen molar-refractivity contribution < 1.29 is 0 Å². The Morgan fingerprint density at radius 3 is 3.12 bits per heavy atom. The Kier molecular flexibility index (Phi) is 5.35. The predicted octanol–water partition coefficient (Wildman–Crippen LogP) is 2.32. The van der Waals surface area contributed by atoms with Gasteiger partial charge >= 0.3 is 0 Å². The lowest BCUT2D eigenvalue weighted by molar-refractivity contribution is 0.215. The smallest absolute Gasteiger partial charge is 0.0340 e. The van der Waals surface area contributed by atoms with Gasteiger partial charge in [0.15, 0.2) is 0 Å². The van der Waals surface area contributed by atoms with Crippen LogP contribution in [0.15, 0.2) is 17.5 Å². The van der Waals surface area contributed by atoms with Crippen LogP contribution in [0.1, 0.15) is 11.8 Å². The average Bonchev–Trinajstić information content (AvgIpc) is 2.82. The molecule has 0 aromatic carbocycles. The molecule has 1 aromatic heterocycles. The van der Waals surface area contributed by atoms with E-state index >= 15 is 0 Å². The molecule has 0 amide bonds. The summed E-state index contributed by atoms with van der Waals surface area (Å²) in [5.41, 5.74) is 0. The molecule has 2 atom stereocenters. The molecule has 1 aromatic rings. The van der Waals surface area contributed by atoms with Gasteiger partial charge in [-0.15, -0.1) is 11.3 Å². The van der Waals surface area contributed by atoms with Crippen LogP contribution in [0.5, 0.6) is 0 Å².